The van der Waals surface area contributed by atoms with Crippen molar-refractivity contribution < 1.29 is 4.74 Å². The average molecular weight is 246 g/mol. The Morgan fingerprint density at radius 3 is 2.67 bits per heavy atom. The molecule has 96 valence electrons. The molecule has 0 atom stereocenters. The maximum Gasteiger partial charge on any atom is 0.325 e. The quantitative estimate of drug-likeness (QED) is 0.796. The molecule has 0 spiro atoms. The first kappa shape index (κ1) is 12.5. The third-order valence-corrected chi connectivity index (χ3v) is 2.77. The van der Waals surface area contributed by atoms with E-state index in [0.29, 0.717) is 6.54 Å². The summed E-state index contributed by atoms with van der Waals surface area (Å²) in [5.74, 6) is 0.883. The van der Waals surface area contributed by atoms with Crippen LogP contribution in [0.5, 0.6) is 5.75 Å². The first-order chi connectivity index (χ1) is 8.79. The Kier molecular flexibility index (Phi) is 4.23. The second-order valence-corrected chi connectivity index (χ2v) is 4.24. The lowest BCUT2D eigenvalue weighted by molar-refractivity contribution is 0.309. The van der Waals surface area contributed by atoms with Gasteiger partial charge in [-0.05, 0) is 24.1 Å². The van der Waals surface area contributed by atoms with Crippen molar-refractivity contribution in [2.45, 2.75) is 26.3 Å². The molecule has 2 aromatic rings. The number of imidazole rings is 1. The highest BCUT2D eigenvalue weighted by atomic mass is 16.5. The van der Waals surface area contributed by atoms with Gasteiger partial charge in [-0.25, -0.2) is 4.79 Å². The molecule has 0 aliphatic heterocycles. The Morgan fingerprint density at radius 1 is 1.28 bits per heavy atom. The zero-order chi connectivity index (χ0) is 12.8. The van der Waals surface area contributed by atoms with Crippen molar-refractivity contribution in [2.24, 2.45) is 0 Å². The van der Waals surface area contributed by atoms with Crippen LogP contribution in [-0.4, -0.2) is 16.2 Å². The molecule has 2 rings (SSSR count). The fourth-order valence-electron chi connectivity index (χ4n) is 1.70. The smallest absolute Gasteiger partial charge is 0.325 e. The van der Waals surface area contributed by atoms with E-state index in [1.54, 1.807) is 17.0 Å². The van der Waals surface area contributed by atoms with E-state index in [0.717, 1.165) is 30.8 Å². The second-order valence-electron chi connectivity index (χ2n) is 4.24. The van der Waals surface area contributed by atoms with E-state index in [9.17, 15) is 4.79 Å². The first-order valence-electron chi connectivity index (χ1n) is 6.25. The van der Waals surface area contributed by atoms with Gasteiger partial charge in [-0.15, -0.1) is 0 Å². The zero-order valence-electron chi connectivity index (χ0n) is 10.6. The molecule has 1 heterocycles. The highest BCUT2D eigenvalue weighted by Crippen LogP contribution is 2.13. The van der Waals surface area contributed by atoms with Gasteiger partial charge in [0, 0.05) is 12.4 Å². The molecule has 1 aromatic heterocycles. The molecule has 0 aliphatic rings. The van der Waals surface area contributed by atoms with Crippen LogP contribution in [0.1, 0.15) is 25.3 Å². The van der Waals surface area contributed by atoms with Crippen molar-refractivity contribution in [2.75, 3.05) is 6.61 Å². The van der Waals surface area contributed by atoms with Crippen molar-refractivity contribution in [3.63, 3.8) is 0 Å². The lowest BCUT2D eigenvalue weighted by Gasteiger charge is -2.06. The number of ether oxygens (including phenoxy) is 1. The number of hydrogen-bond acceptors (Lipinski definition) is 2. The Labute approximate surface area is 106 Å². The summed E-state index contributed by atoms with van der Waals surface area (Å²) in [5.41, 5.74) is 0.998. The van der Waals surface area contributed by atoms with Gasteiger partial charge in [0.2, 0.25) is 0 Å². The summed E-state index contributed by atoms with van der Waals surface area (Å²) in [6, 6.07) is 7.87. The maximum atomic E-state index is 11.3. The molecule has 4 nitrogen and oxygen atoms in total. The number of hydrogen-bond donors (Lipinski definition) is 1. The van der Waals surface area contributed by atoms with E-state index in [-0.39, 0.29) is 5.69 Å². The van der Waals surface area contributed by atoms with Crippen LogP contribution in [0, 0.1) is 0 Å². The number of nitrogens with one attached hydrogen (secondary N) is 1. The van der Waals surface area contributed by atoms with Crippen LogP contribution in [0.2, 0.25) is 0 Å². The minimum atomic E-state index is -0.0849. The molecule has 0 saturated carbocycles. The van der Waals surface area contributed by atoms with Crippen molar-refractivity contribution >= 4 is 0 Å². The number of aromatic nitrogens is 2. The van der Waals surface area contributed by atoms with Crippen molar-refractivity contribution in [1.82, 2.24) is 9.55 Å². The molecular formula is C14H18N2O2. The normalized spacial score (nSPS) is 10.5. The van der Waals surface area contributed by atoms with Gasteiger partial charge in [-0.1, -0.05) is 25.5 Å². The number of H-pyrrole nitrogens is 1. The fourth-order valence-corrected chi connectivity index (χ4v) is 1.70. The van der Waals surface area contributed by atoms with Crippen molar-refractivity contribution in [3.8, 4) is 5.75 Å². The van der Waals surface area contributed by atoms with E-state index in [1.165, 1.54) is 0 Å². The molecule has 0 radical (unpaired) electrons. The van der Waals surface area contributed by atoms with Gasteiger partial charge in [0.25, 0.3) is 0 Å². The summed E-state index contributed by atoms with van der Waals surface area (Å²) in [7, 11) is 0. The summed E-state index contributed by atoms with van der Waals surface area (Å²) in [4.78, 5) is 14.0. The summed E-state index contributed by atoms with van der Waals surface area (Å²) >= 11 is 0. The standard InChI is InChI=1S/C14H18N2O2/c1-2-3-10-18-13-6-4-12(5-7-13)11-16-9-8-15-14(16)17/h4-9H,2-3,10-11H2,1H3,(H,15,17). The van der Waals surface area contributed by atoms with Gasteiger partial charge in [0.05, 0.1) is 13.2 Å². The molecule has 0 unspecified atom stereocenters. The van der Waals surface area contributed by atoms with Gasteiger partial charge >= 0.3 is 5.69 Å². The van der Waals surface area contributed by atoms with Crippen molar-refractivity contribution in [1.29, 1.82) is 0 Å². The van der Waals surface area contributed by atoms with Crippen LogP contribution >= 0.6 is 0 Å². The maximum absolute atomic E-state index is 11.3. The number of aromatic amines is 1. The number of unbranched alkanes of at least 4 members (excludes halogenated alkanes) is 1. The molecule has 1 N–H and O–H groups in total. The molecule has 0 amide bonds. The molecule has 4 heteroatoms. The largest absolute Gasteiger partial charge is 0.494 e. The van der Waals surface area contributed by atoms with E-state index in [1.807, 2.05) is 24.3 Å². The predicted molar refractivity (Wildman–Crippen MR) is 71.0 cm³/mol. The highest BCUT2D eigenvalue weighted by molar-refractivity contribution is 5.27. The highest BCUT2D eigenvalue weighted by Gasteiger charge is 1.99. The Balaban J connectivity index is 1.95. The van der Waals surface area contributed by atoms with E-state index >= 15 is 0 Å². The average Bonchev–Trinajstić information content (AvgIpc) is 2.78. The molecule has 0 saturated heterocycles. The molecular weight excluding hydrogens is 228 g/mol. The van der Waals surface area contributed by atoms with E-state index in [4.69, 9.17) is 4.74 Å². The number of benzene rings is 1. The van der Waals surface area contributed by atoms with Gasteiger partial charge in [0.15, 0.2) is 0 Å². The molecule has 1 aromatic carbocycles. The van der Waals surface area contributed by atoms with E-state index < -0.39 is 0 Å². The first-order valence-corrected chi connectivity index (χ1v) is 6.25. The third kappa shape index (κ3) is 3.26. The second kappa shape index (κ2) is 6.10. The molecule has 0 fully saturated rings. The number of rotatable bonds is 6. The minimum Gasteiger partial charge on any atom is -0.494 e. The summed E-state index contributed by atoms with van der Waals surface area (Å²) in [6.45, 7) is 3.48. The Hall–Kier alpha value is -1.97. The van der Waals surface area contributed by atoms with Crippen LogP contribution in [0.25, 0.3) is 0 Å². The Morgan fingerprint density at radius 2 is 2.06 bits per heavy atom. The van der Waals surface area contributed by atoms with Crippen molar-refractivity contribution in [3.05, 3.63) is 52.7 Å². The van der Waals surface area contributed by atoms with Crippen LogP contribution < -0.4 is 10.4 Å². The summed E-state index contributed by atoms with van der Waals surface area (Å²) < 4.78 is 7.22. The zero-order valence-corrected chi connectivity index (χ0v) is 10.6. The predicted octanol–water partition coefficient (Wildman–Crippen LogP) is 2.40. The van der Waals surface area contributed by atoms with Crippen LogP contribution in [0.3, 0.4) is 0 Å². The van der Waals surface area contributed by atoms with Crippen LogP contribution in [0.15, 0.2) is 41.5 Å². The van der Waals surface area contributed by atoms with Gasteiger partial charge < -0.3 is 9.72 Å². The van der Waals surface area contributed by atoms with Gasteiger partial charge in [-0.2, -0.15) is 0 Å². The lowest BCUT2D eigenvalue weighted by atomic mass is 10.2. The Bertz CT molecular complexity index is 525. The minimum absolute atomic E-state index is 0.0849. The lowest BCUT2D eigenvalue weighted by Crippen LogP contribution is -2.16. The fraction of sp³-hybridized carbons (Fsp3) is 0.357. The molecule has 0 aliphatic carbocycles. The van der Waals surface area contributed by atoms with Crippen LogP contribution in [-0.2, 0) is 6.54 Å². The monoisotopic (exact) mass is 246 g/mol. The molecule has 0 bridgehead atoms. The SMILES string of the molecule is CCCCOc1ccc(Cn2cc[nH]c2=O)cc1. The summed E-state index contributed by atoms with van der Waals surface area (Å²) in [6.07, 6.45) is 5.59. The summed E-state index contributed by atoms with van der Waals surface area (Å²) in [5, 5.41) is 0. The van der Waals surface area contributed by atoms with Crippen LogP contribution in [0.4, 0.5) is 0 Å². The molecule has 18 heavy (non-hydrogen) atoms. The number of nitrogens with zero attached hydrogens (tertiary/aromatic N) is 1. The van der Waals surface area contributed by atoms with Gasteiger partial charge in [0.1, 0.15) is 5.75 Å². The van der Waals surface area contributed by atoms with Gasteiger partial charge in [-0.3, -0.25) is 4.57 Å². The van der Waals surface area contributed by atoms with E-state index in [2.05, 4.69) is 11.9 Å². The topological polar surface area (TPSA) is 47.0 Å². The third-order valence-electron chi connectivity index (χ3n) is 2.77.